The highest BCUT2D eigenvalue weighted by molar-refractivity contribution is 7.92. The zero-order chi connectivity index (χ0) is 17.2. The van der Waals surface area contributed by atoms with Crippen LogP contribution < -0.4 is 10.0 Å². The van der Waals surface area contributed by atoms with Gasteiger partial charge in [-0.05, 0) is 32.0 Å². The maximum atomic E-state index is 12.3. The van der Waals surface area contributed by atoms with E-state index in [4.69, 9.17) is 11.6 Å². The van der Waals surface area contributed by atoms with Crippen molar-refractivity contribution < 1.29 is 13.2 Å². The molecule has 0 aliphatic heterocycles. The van der Waals surface area contributed by atoms with Crippen LogP contribution in [0.3, 0.4) is 0 Å². The summed E-state index contributed by atoms with van der Waals surface area (Å²) in [7, 11) is -2.22. The van der Waals surface area contributed by atoms with Crippen LogP contribution in [0, 0.1) is 0 Å². The van der Waals surface area contributed by atoms with Gasteiger partial charge in [-0.15, -0.1) is 0 Å². The number of anilines is 1. The quantitative estimate of drug-likeness (QED) is 0.857. The number of aryl methyl sites for hydroxylation is 1. The highest BCUT2D eigenvalue weighted by atomic mass is 35.5. The van der Waals surface area contributed by atoms with Crippen LogP contribution in [0.5, 0.6) is 0 Å². The van der Waals surface area contributed by atoms with Crippen molar-refractivity contribution in [3.63, 3.8) is 0 Å². The molecular formula is C14H17ClN4O3S. The number of benzene rings is 1. The van der Waals surface area contributed by atoms with Gasteiger partial charge in [0.25, 0.3) is 15.9 Å². The van der Waals surface area contributed by atoms with E-state index in [1.54, 1.807) is 7.05 Å². The summed E-state index contributed by atoms with van der Waals surface area (Å²) in [6.45, 7) is 3.67. The zero-order valence-corrected chi connectivity index (χ0v) is 14.4. The summed E-state index contributed by atoms with van der Waals surface area (Å²) >= 11 is 6.03. The van der Waals surface area contributed by atoms with Gasteiger partial charge in [0, 0.05) is 24.8 Å². The van der Waals surface area contributed by atoms with Gasteiger partial charge < -0.3 is 5.32 Å². The Bertz CT molecular complexity index is 830. The number of halogens is 1. The second-order valence-electron chi connectivity index (χ2n) is 5.28. The Hall–Kier alpha value is -2.06. The lowest BCUT2D eigenvalue weighted by atomic mass is 10.2. The van der Waals surface area contributed by atoms with Crippen molar-refractivity contribution in [3.05, 3.63) is 41.2 Å². The molecule has 0 radical (unpaired) electrons. The molecule has 124 valence electrons. The Labute approximate surface area is 139 Å². The van der Waals surface area contributed by atoms with Crippen molar-refractivity contribution in [2.45, 2.75) is 24.8 Å². The van der Waals surface area contributed by atoms with Gasteiger partial charge in [-0.25, -0.2) is 8.42 Å². The smallest absolute Gasteiger partial charge is 0.265 e. The Morgan fingerprint density at radius 2 is 2.04 bits per heavy atom. The minimum atomic E-state index is -3.83. The SMILES string of the molecule is CC(C)NC(=O)c1ccc(Cl)c(NS(=O)(=O)c2cnn(C)c2)c1. The third kappa shape index (κ3) is 4.23. The lowest BCUT2D eigenvalue weighted by Gasteiger charge is -2.12. The maximum absolute atomic E-state index is 12.3. The van der Waals surface area contributed by atoms with E-state index in [2.05, 4.69) is 15.1 Å². The third-order valence-electron chi connectivity index (χ3n) is 2.88. The van der Waals surface area contributed by atoms with Crippen LogP contribution in [0.4, 0.5) is 5.69 Å². The van der Waals surface area contributed by atoms with E-state index in [1.165, 1.54) is 35.3 Å². The largest absolute Gasteiger partial charge is 0.350 e. The van der Waals surface area contributed by atoms with Crippen molar-refractivity contribution in [2.75, 3.05) is 4.72 Å². The van der Waals surface area contributed by atoms with Gasteiger partial charge >= 0.3 is 0 Å². The summed E-state index contributed by atoms with van der Waals surface area (Å²) in [6.07, 6.45) is 2.59. The number of amides is 1. The van der Waals surface area contributed by atoms with Crippen molar-refractivity contribution >= 4 is 33.2 Å². The van der Waals surface area contributed by atoms with E-state index in [9.17, 15) is 13.2 Å². The number of hydrogen-bond acceptors (Lipinski definition) is 4. The summed E-state index contributed by atoms with van der Waals surface area (Å²) < 4.78 is 28.4. The van der Waals surface area contributed by atoms with Gasteiger partial charge in [-0.2, -0.15) is 5.10 Å². The van der Waals surface area contributed by atoms with Gasteiger partial charge in [0.2, 0.25) is 0 Å². The van der Waals surface area contributed by atoms with Crippen LogP contribution in [-0.2, 0) is 17.1 Å². The molecule has 0 aliphatic carbocycles. The summed E-state index contributed by atoms with van der Waals surface area (Å²) in [5, 5.41) is 6.75. The molecule has 0 spiro atoms. The summed E-state index contributed by atoms with van der Waals surface area (Å²) in [6, 6.07) is 4.36. The fourth-order valence-corrected chi connectivity index (χ4v) is 3.11. The molecule has 0 fully saturated rings. The first-order chi connectivity index (χ1) is 10.7. The number of hydrogen-bond donors (Lipinski definition) is 2. The average molecular weight is 357 g/mol. The number of nitrogens with one attached hydrogen (secondary N) is 2. The molecule has 2 aromatic rings. The normalized spacial score (nSPS) is 11.5. The van der Waals surface area contributed by atoms with E-state index in [0.29, 0.717) is 5.56 Å². The lowest BCUT2D eigenvalue weighted by molar-refractivity contribution is 0.0943. The molecule has 7 nitrogen and oxygen atoms in total. The molecule has 0 bridgehead atoms. The molecule has 0 atom stereocenters. The molecule has 2 rings (SSSR count). The van der Waals surface area contributed by atoms with Crippen LogP contribution in [0.1, 0.15) is 24.2 Å². The Morgan fingerprint density at radius 3 is 2.61 bits per heavy atom. The van der Waals surface area contributed by atoms with E-state index >= 15 is 0 Å². The van der Waals surface area contributed by atoms with Gasteiger partial charge in [0.1, 0.15) is 4.90 Å². The molecule has 0 unspecified atom stereocenters. The van der Waals surface area contributed by atoms with Crippen LogP contribution in [0.15, 0.2) is 35.5 Å². The highest BCUT2D eigenvalue weighted by Gasteiger charge is 2.19. The Morgan fingerprint density at radius 1 is 1.35 bits per heavy atom. The van der Waals surface area contributed by atoms with Crippen LogP contribution in [0.25, 0.3) is 0 Å². The van der Waals surface area contributed by atoms with Crippen LogP contribution in [-0.4, -0.2) is 30.1 Å². The topological polar surface area (TPSA) is 93.1 Å². The van der Waals surface area contributed by atoms with Crippen molar-refractivity contribution in [1.29, 1.82) is 0 Å². The highest BCUT2D eigenvalue weighted by Crippen LogP contribution is 2.25. The summed E-state index contributed by atoms with van der Waals surface area (Å²) in [5.74, 6) is -0.307. The molecule has 9 heteroatoms. The second kappa shape index (κ2) is 6.59. The molecule has 0 aliphatic rings. The number of carbonyl (C=O) groups is 1. The fourth-order valence-electron chi connectivity index (χ4n) is 1.83. The molecule has 1 aromatic carbocycles. The maximum Gasteiger partial charge on any atom is 0.265 e. The number of aromatic nitrogens is 2. The van der Waals surface area contributed by atoms with Crippen LogP contribution in [0.2, 0.25) is 5.02 Å². The molecule has 1 amide bonds. The second-order valence-corrected chi connectivity index (χ2v) is 7.37. The number of rotatable bonds is 5. The standard InChI is InChI=1S/C14H17ClN4O3S/c1-9(2)17-14(20)10-4-5-12(15)13(6-10)18-23(21,22)11-7-16-19(3)8-11/h4-9,18H,1-3H3,(H,17,20). The van der Waals surface area contributed by atoms with Crippen molar-refractivity contribution in [2.24, 2.45) is 7.05 Å². The van der Waals surface area contributed by atoms with Gasteiger partial charge in [0.15, 0.2) is 0 Å². The molecule has 0 saturated carbocycles. The molecular weight excluding hydrogens is 340 g/mol. The van der Waals surface area contributed by atoms with E-state index in [-0.39, 0.29) is 27.6 Å². The molecule has 2 N–H and O–H groups in total. The predicted molar refractivity (Wildman–Crippen MR) is 88.1 cm³/mol. The first kappa shape index (κ1) is 17.3. The minimum Gasteiger partial charge on any atom is -0.350 e. The Balaban J connectivity index is 2.31. The predicted octanol–water partition coefficient (Wildman–Crippen LogP) is 2.01. The number of carbonyl (C=O) groups excluding carboxylic acids is 1. The van der Waals surface area contributed by atoms with Crippen LogP contribution >= 0.6 is 11.6 Å². The van der Waals surface area contributed by atoms with Gasteiger partial charge in [-0.3, -0.25) is 14.2 Å². The molecule has 0 saturated heterocycles. The van der Waals surface area contributed by atoms with E-state index in [0.717, 1.165) is 0 Å². The monoisotopic (exact) mass is 356 g/mol. The average Bonchev–Trinajstić information content (AvgIpc) is 2.87. The Kier molecular flexibility index (Phi) is 4.96. The molecule has 1 heterocycles. The summed E-state index contributed by atoms with van der Waals surface area (Å²) in [4.78, 5) is 12.0. The van der Waals surface area contributed by atoms with E-state index < -0.39 is 10.0 Å². The van der Waals surface area contributed by atoms with Crippen molar-refractivity contribution in [3.8, 4) is 0 Å². The van der Waals surface area contributed by atoms with Gasteiger partial charge in [0.05, 0.1) is 16.9 Å². The zero-order valence-electron chi connectivity index (χ0n) is 12.9. The lowest BCUT2D eigenvalue weighted by Crippen LogP contribution is -2.30. The third-order valence-corrected chi connectivity index (χ3v) is 4.53. The number of nitrogens with zero attached hydrogens (tertiary/aromatic N) is 2. The molecule has 1 aromatic heterocycles. The van der Waals surface area contributed by atoms with Gasteiger partial charge in [-0.1, -0.05) is 11.6 Å². The minimum absolute atomic E-state index is 0.00750. The van der Waals surface area contributed by atoms with E-state index in [1.807, 2.05) is 13.8 Å². The fraction of sp³-hybridized carbons (Fsp3) is 0.286. The number of sulfonamides is 1. The molecule has 23 heavy (non-hydrogen) atoms. The first-order valence-corrected chi connectivity index (χ1v) is 8.67. The summed E-state index contributed by atoms with van der Waals surface area (Å²) in [5.41, 5.74) is 0.443. The van der Waals surface area contributed by atoms with Crippen molar-refractivity contribution in [1.82, 2.24) is 15.1 Å². The first-order valence-electron chi connectivity index (χ1n) is 6.81.